The van der Waals surface area contributed by atoms with Crippen LogP contribution < -0.4 is 5.32 Å². The van der Waals surface area contributed by atoms with Gasteiger partial charge in [0.1, 0.15) is 0 Å². The van der Waals surface area contributed by atoms with Crippen molar-refractivity contribution in [3.63, 3.8) is 0 Å². The zero-order chi connectivity index (χ0) is 13.9. The minimum atomic E-state index is -3.27. The number of hydrogen-bond acceptors (Lipinski definition) is 3. The van der Waals surface area contributed by atoms with Gasteiger partial charge in [0, 0.05) is 12.1 Å². The molecule has 110 valence electrons. The monoisotopic (exact) mass is 288 g/mol. The van der Waals surface area contributed by atoms with Crippen molar-refractivity contribution in [2.75, 3.05) is 12.8 Å². The molecule has 2 saturated carbocycles. The predicted molar refractivity (Wildman–Crippen MR) is 74.2 cm³/mol. The van der Waals surface area contributed by atoms with Crippen molar-refractivity contribution < 1.29 is 13.2 Å². The Bertz CT molecular complexity index is 410. The molecular formula is C13H24N2O3S. The van der Waals surface area contributed by atoms with Crippen LogP contribution in [0, 0.1) is 0 Å². The van der Waals surface area contributed by atoms with Crippen LogP contribution in [0.2, 0.25) is 0 Å². The van der Waals surface area contributed by atoms with Crippen LogP contribution in [0.1, 0.15) is 51.4 Å². The molecule has 0 aromatic carbocycles. The molecule has 5 nitrogen and oxygen atoms in total. The molecular weight excluding hydrogens is 264 g/mol. The van der Waals surface area contributed by atoms with Gasteiger partial charge in [0.2, 0.25) is 15.9 Å². The first-order valence-corrected chi connectivity index (χ1v) is 9.08. The van der Waals surface area contributed by atoms with Crippen LogP contribution in [0.15, 0.2) is 0 Å². The number of carbonyl (C=O) groups is 1. The van der Waals surface area contributed by atoms with E-state index >= 15 is 0 Å². The topological polar surface area (TPSA) is 66.5 Å². The molecule has 1 amide bonds. The van der Waals surface area contributed by atoms with Crippen molar-refractivity contribution >= 4 is 15.9 Å². The Labute approximate surface area is 115 Å². The van der Waals surface area contributed by atoms with Crippen LogP contribution in [-0.2, 0) is 14.8 Å². The third kappa shape index (κ3) is 4.76. The van der Waals surface area contributed by atoms with Gasteiger partial charge in [-0.05, 0) is 25.7 Å². The van der Waals surface area contributed by atoms with Crippen LogP contribution in [0.3, 0.4) is 0 Å². The van der Waals surface area contributed by atoms with Crippen molar-refractivity contribution in [1.82, 2.24) is 9.62 Å². The highest BCUT2D eigenvalue weighted by atomic mass is 32.2. The number of nitrogens with one attached hydrogen (secondary N) is 1. The van der Waals surface area contributed by atoms with E-state index in [-0.39, 0.29) is 24.5 Å². The summed E-state index contributed by atoms with van der Waals surface area (Å²) in [6.45, 7) is -0.0139. The minimum Gasteiger partial charge on any atom is -0.352 e. The van der Waals surface area contributed by atoms with E-state index in [9.17, 15) is 13.2 Å². The van der Waals surface area contributed by atoms with Gasteiger partial charge in [0.15, 0.2) is 0 Å². The Hall–Kier alpha value is -0.620. The maximum Gasteiger partial charge on any atom is 0.235 e. The molecule has 0 heterocycles. The summed E-state index contributed by atoms with van der Waals surface area (Å²) in [5.41, 5.74) is 0. The fourth-order valence-corrected chi connectivity index (χ4v) is 3.82. The summed E-state index contributed by atoms with van der Waals surface area (Å²) in [4.78, 5) is 12.0. The zero-order valence-electron chi connectivity index (χ0n) is 11.6. The number of sulfonamides is 1. The van der Waals surface area contributed by atoms with E-state index in [1.165, 1.54) is 23.4 Å². The average molecular weight is 288 g/mol. The molecule has 2 aliphatic rings. The molecule has 0 aliphatic heterocycles. The molecule has 0 spiro atoms. The van der Waals surface area contributed by atoms with Gasteiger partial charge >= 0.3 is 0 Å². The molecule has 19 heavy (non-hydrogen) atoms. The number of carbonyl (C=O) groups excluding carboxylic acids is 1. The average Bonchev–Trinajstić information content (AvgIpc) is 3.12. The summed E-state index contributed by atoms with van der Waals surface area (Å²) in [5.74, 6) is -0.149. The Kier molecular flexibility index (Phi) is 4.84. The van der Waals surface area contributed by atoms with Crippen molar-refractivity contribution in [1.29, 1.82) is 0 Å². The van der Waals surface area contributed by atoms with Gasteiger partial charge < -0.3 is 5.32 Å². The summed E-state index contributed by atoms with van der Waals surface area (Å²) in [5, 5.41) is 3.00. The Morgan fingerprint density at radius 3 is 2.16 bits per heavy atom. The maximum atomic E-state index is 12.0. The smallest absolute Gasteiger partial charge is 0.235 e. The number of hydrogen-bond donors (Lipinski definition) is 1. The van der Waals surface area contributed by atoms with E-state index in [2.05, 4.69) is 5.32 Å². The molecule has 0 aromatic rings. The van der Waals surface area contributed by atoms with E-state index in [0.29, 0.717) is 0 Å². The first-order chi connectivity index (χ1) is 8.97. The maximum absolute atomic E-state index is 12.0. The van der Waals surface area contributed by atoms with E-state index < -0.39 is 10.0 Å². The van der Waals surface area contributed by atoms with Crippen LogP contribution in [0.4, 0.5) is 0 Å². The number of nitrogens with zero attached hydrogens (tertiary/aromatic N) is 1. The lowest BCUT2D eigenvalue weighted by Crippen LogP contribution is -2.44. The molecule has 0 bridgehead atoms. The summed E-state index contributed by atoms with van der Waals surface area (Å²) >= 11 is 0. The van der Waals surface area contributed by atoms with Crippen molar-refractivity contribution in [2.24, 2.45) is 0 Å². The SMILES string of the molecule is CS(=O)(=O)N(CC(=O)NC1CCCCCC1)C1CC1. The zero-order valence-corrected chi connectivity index (χ0v) is 12.4. The lowest BCUT2D eigenvalue weighted by atomic mass is 10.1. The second-order valence-corrected chi connectivity index (χ2v) is 7.73. The standard InChI is InChI=1S/C13H24N2O3S/c1-19(17,18)15(12-8-9-12)10-13(16)14-11-6-4-2-3-5-7-11/h11-12H,2-10H2,1H3,(H,14,16). The Balaban J connectivity index is 1.85. The fraction of sp³-hybridized carbons (Fsp3) is 0.923. The molecule has 0 unspecified atom stereocenters. The lowest BCUT2D eigenvalue weighted by molar-refractivity contribution is -0.122. The third-order valence-electron chi connectivity index (χ3n) is 3.90. The summed E-state index contributed by atoms with van der Waals surface area (Å²) < 4.78 is 24.6. The van der Waals surface area contributed by atoms with Gasteiger partial charge in [-0.2, -0.15) is 4.31 Å². The number of rotatable bonds is 5. The highest BCUT2D eigenvalue weighted by Gasteiger charge is 2.36. The van der Waals surface area contributed by atoms with Crippen LogP contribution in [0.25, 0.3) is 0 Å². The molecule has 0 radical (unpaired) electrons. The quantitative estimate of drug-likeness (QED) is 0.774. The Morgan fingerprint density at radius 1 is 1.11 bits per heavy atom. The first kappa shape index (κ1) is 14.8. The van der Waals surface area contributed by atoms with E-state index in [1.807, 2.05) is 0 Å². The van der Waals surface area contributed by atoms with Gasteiger partial charge in [-0.3, -0.25) is 4.79 Å². The highest BCUT2D eigenvalue weighted by Crippen LogP contribution is 2.28. The van der Waals surface area contributed by atoms with Crippen molar-refractivity contribution in [3.05, 3.63) is 0 Å². The second-order valence-electron chi connectivity index (χ2n) is 5.80. The molecule has 0 aromatic heterocycles. The van der Waals surface area contributed by atoms with Crippen molar-refractivity contribution in [2.45, 2.75) is 63.5 Å². The van der Waals surface area contributed by atoms with Gasteiger partial charge in [0.25, 0.3) is 0 Å². The first-order valence-electron chi connectivity index (χ1n) is 7.23. The molecule has 2 rings (SSSR count). The largest absolute Gasteiger partial charge is 0.352 e. The summed E-state index contributed by atoms with van der Waals surface area (Å²) in [6.07, 6.45) is 9.78. The summed E-state index contributed by atoms with van der Waals surface area (Å²) in [7, 11) is -3.27. The van der Waals surface area contributed by atoms with Gasteiger partial charge in [-0.15, -0.1) is 0 Å². The molecule has 6 heteroatoms. The van der Waals surface area contributed by atoms with Crippen LogP contribution >= 0.6 is 0 Å². The normalized spacial score (nSPS) is 22.2. The number of amides is 1. The molecule has 0 atom stereocenters. The third-order valence-corrected chi connectivity index (χ3v) is 5.18. The highest BCUT2D eigenvalue weighted by molar-refractivity contribution is 7.88. The van der Waals surface area contributed by atoms with E-state index in [4.69, 9.17) is 0 Å². The molecule has 0 saturated heterocycles. The molecule has 1 N–H and O–H groups in total. The van der Waals surface area contributed by atoms with Gasteiger partial charge in [0.05, 0.1) is 12.8 Å². The fourth-order valence-electron chi connectivity index (χ4n) is 2.72. The minimum absolute atomic E-state index is 0.0139. The van der Waals surface area contributed by atoms with E-state index in [1.54, 1.807) is 0 Å². The molecule has 2 aliphatic carbocycles. The van der Waals surface area contributed by atoms with Gasteiger partial charge in [-0.1, -0.05) is 25.7 Å². The van der Waals surface area contributed by atoms with E-state index in [0.717, 1.165) is 38.5 Å². The van der Waals surface area contributed by atoms with Crippen LogP contribution in [0.5, 0.6) is 0 Å². The van der Waals surface area contributed by atoms with Gasteiger partial charge in [-0.25, -0.2) is 8.42 Å². The predicted octanol–water partition coefficient (Wildman–Crippen LogP) is 1.25. The summed E-state index contributed by atoms with van der Waals surface area (Å²) in [6, 6.07) is 0.283. The van der Waals surface area contributed by atoms with Crippen molar-refractivity contribution in [3.8, 4) is 0 Å². The molecule has 2 fully saturated rings. The Morgan fingerprint density at radius 2 is 1.68 bits per heavy atom. The van der Waals surface area contributed by atoms with Crippen LogP contribution in [-0.4, -0.2) is 43.5 Å². The second kappa shape index (κ2) is 6.22. The lowest BCUT2D eigenvalue weighted by Gasteiger charge is -2.21.